The Balaban J connectivity index is 1.77. The molecule has 0 aliphatic carbocycles. The molecule has 0 saturated carbocycles. The standard InChI is InChI=1S/C21H27N3O4/c1-28-13-7-12-24-19(26)21(18(25)22-20(24)27)14-15-8-4-5-9-16(15)23-11-6-2-3-10-17(21)23/h4-5,8-9,17H,2-3,6-7,10-14H2,1H3,(H,22,25,27)/t17-,21+/m0/s1. The number of para-hydroxylation sites is 1. The fraction of sp³-hybridized carbons (Fsp3) is 0.571. The van der Waals surface area contributed by atoms with Crippen molar-refractivity contribution in [2.45, 2.75) is 44.6 Å². The number of hydrogen-bond donors (Lipinski definition) is 1. The number of rotatable bonds is 4. The van der Waals surface area contributed by atoms with E-state index in [1.54, 1.807) is 7.11 Å². The molecule has 1 N–H and O–H groups in total. The lowest BCUT2D eigenvalue weighted by Crippen LogP contribution is -2.72. The number of urea groups is 1. The number of ether oxygens (including phenoxy) is 1. The van der Waals surface area contributed by atoms with E-state index < -0.39 is 17.4 Å². The van der Waals surface area contributed by atoms with E-state index in [2.05, 4.69) is 16.3 Å². The quantitative estimate of drug-likeness (QED) is 0.634. The second-order valence-electron chi connectivity index (χ2n) is 7.90. The molecular formula is C21H27N3O4. The summed E-state index contributed by atoms with van der Waals surface area (Å²) in [5.41, 5.74) is 0.860. The number of carbonyl (C=O) groups is 3. The minimum atomic E-state index is -1.25. The molecule has 0 aromatic heterocycles. The van der Waals surface area contributed by atoms with E-state index in [-0.39, 0.29) is 18.5 Å². The molecule has 4 amide bonds. The average Bonchev–Trinajstić information content (AvgIpc) is 2.95. The Morgan fingerprint density at radius 2 is 2.00 bits per heavy atom. The summed E-state index contributed by atoms with van der Waals surface area (Å²) in [5.74, 6) is -0.805. The fourth-order valence-corrected chi connectivity index (χ4v) is 4.99. The third-order valence-electron chi connectivity index (χ3n) is 6.32. The first kappa shape index (κ1) is 18.9. The first-order valence-electron chi connectivity index (χ1n) is 10.1. The molecule has 3 aliphatic heterocycles. The van der Waals surface area contributed by atoms with Gasteiger partial charge in [-0.1, -0.05) is 31.0 Å². The first-order valence-corrected chi connectivity index (χ1v) is 10.1. The number of hydrogen-bond acceptors (Lipinski definition) is 5. The summed E-state index contributed by atoms with van der Waals surface area (Å²) in [5, 5.41) is 2.49. The van der Waals surface area contributed by atoms with E-state index in [0.29, 0.717) is 19.4 Å². The van der Waals surface area contributed by atoms with Crippen molar-refractivity contribution in [3.63, 3.8) is 0 Å². The number of methoxy groups -OCH3 is 1. The van der Waals surface area contributed by atoms with Gasteiger partial charge < -0.3 is 9.64 Å². The van der Waals surface area contributed by atoms with Gasteiger partial charge in [0.15, 0.2) is 5.41 Å². The Hall–Kier alpha value is -2.41. The fourth-order valence-electron chi connectivity index (χ4n) is 4.99. The van der Waals surface area contributed by atoms with Crippen LogP contribution in [0.1, 0.15) is 37.7 Å². The number of amides is 4. The summed E-state index contributed by atoms with van der Waals surface area (Å²) in [7, 11) is 1.59. The molecule has 2 atom stereocenters. The van der Waals surface area contributed by atoms with Crippen LogP contribution in [0.2, 0.25) is 0 Å². The van der Waals surface area contributed by atoms with Crippen molar-refractivity contribution in [3.05, 3.63) is 29.8 Å². The molecule has 1 spiro atoms. The van der Waals surface area contributed by atoms with Crippen LogP contribution in [-0.4, -0.2) is 55.6 Å². The molecule has 1 aromatic carbocycles. The van der Waals surface area contributed by atoms with E-state index in [9.17, 15) is 14.4 Å². The van der Waals surface area contributed by atoms with Gasteiger partial charge in [-0.25, -0.2) is 4.79 Å². The number of anilines is 1. The van der Waals surface area contributed by atoms with E-state index >= 15 is 0 Å². The summed E-state index contributed by atoms with van der Waals surface area (Å²) < 4.78 is 5.07. The normalized spacial score (nSPS) is 27.3. The Morgan fingerprint density at radius 3 is 2.82 bits per heavy atom. The van der Waals surface area contributed by atoms with Crippen molar-refractivity contribution in [1.82, 2.24) is 10.2 Å². The summed E-state index contributed by atoms with van der Waals surface area (Å²) in [6.07, 6.45) is 4.75. The van der Waals surface area contributed by atoms with Crippen LogP contribution in [0.15, 0.2) is 24.3 Å². The lowest BCUT2D eigenvalue weighted by atomic mass is 9.67. The van der Waals surface area contributed by atoms with Gasteiger partial charge in [-0.15, -0.1) is 0 Å². The van der Waals surface area contributed by atoms with Gasteiger partial charge in [0.1, 0.15) is 0 Å². The molecule has 0 bridgehead atoms. The highest BCUT2D eigenvalue weighted by Gasteiger charge is 2.61. The highest BCUT2D eigenvalue weighted by Crippen LogP contribution is 2.47. The molecule has 150 valence electrons. The van der Waals surface area contributed by atoms with Crippen LogP contribution >= 0.6 is 0 Å². The second kappa shape index (κ2) is 7.54. The lowest BCUT2D eigenvalue weighted by molar-refractivity contribution is -0.153. The van der Waals surface area contributed by atoms with Crippen molar-refractivity contribution in [3.8, 4) is 0 Å². The van der Waals surface area contributed by atoms with Crippen molar-refractivity contribution >= 4 is 23.5 Å². The Morgan fingerprint density at radius 1 is 1.18 bits per heavy atom. The minimum Gasteiger partial charge on any atom is -0.385 e. The van der Waals surface area contributed by atoms with Gasteiger partial charge in [-0.05, 0) is 37.3 Å². The number of nitrogens with one attached hydrogen (secondary N) is 1. The van der Waals surface area contributed by atoms with Gasteiger partial charge in [-0.2, -0.15) is 0 Å². The largest absolute Gasteiger partial charge is 0.385 e. The smallest absolute Gasteiger partial charge is 0.330 e. The third-order valence-corrected chi connectivity index (χ3v) is 6.32. The maximum absolute atomic E-state index is 13.7. The molecule has 0 unspecified atom stereocenters. The average molecular weight is 385 g/mol. The molecule has 7 nitrogen and oxygen atoms in total. The predicted molar refractivity (Wildman–Crippen MR) is 104 cm³/mol. The zero-order valence-corrected chi connectivity index (χ0v) is 16.3. The molecule has 28 heavy (non-hydrogen) atoms. The van der Waals surface area contributed by atoms with Crippen LogP contribution in [0.5, 0.6) is 0 Å². The van der Waals surface area contributed by atoms with Crippen molar-refractivity contribution in [2.75, 3.05) is 31.7 Å². The highest BCUT2D eigenvalue weighted by molar-refractivity contribution is 6.20. The maximum Gasteiger partial charge on any atom is 0.330 e. The lowest BCUT2D eigenvalue weighted by Gasteiger charge is -2.51. The van der Waals surface area contributed by atoms with Crippen LogP contribution in [0.4, 0.5) is 10.5 Å². The molecule has 0 radical (unpaired) electrons. The topological polar surface area (TPSA) is 79.0 Å². The predicted octanol–water partition coefficient (Wildman–Crippen LogP) is 2.09. The first-order chi connectivity index (χ1) is 13.6. The zero-order chi connectivity index (χ0) is 19.7. The molecule has 7 heteroatoms. The second-order valence-corrected chi connectivity index (χ2v) is 7.90. The Labute approximate surface area is 165 Å². The summed E-state index contributed by atoms with van der Waals surface area (Å²) in [4.78, 5) is 42.8. The van der Waals surface area contributed by atoms with Gasteiger partial charge in [0.05, 0.1) is 6.04 Å². The van der Waals surface area contributed by atoms with Gasteiger partial charge in [0, 0.05) is 32.5 Å². The van der Waals surface area contributed by atoms with E-state index in [1.165, 1.54) is 4.90 Å². The zero-order valence-electron chi connectivity index (χ0n) is 16.3. The van der Waals surface area contributed by atoms with Crippen molar-refractivity contribution in [1.29, 1.82) is 0 Å². The maximum atomic E-state index is 13.7. The Bertz CT molecular complexity index is 796. The van der Waals surface area contributed by atoms with Crippen LogP contribution in [-0.2, 0) is 20.7 Å². The molecule has 3 heterocycles. The van der Waals surface area contributed by atoms with Crippen molar-refractivity contribution < 1.29 is 19.1 Å². The van der Waals surface area contributed by atoms with Gasteiger partial charge in [0.2, 0.25) is 11.8 Å². The number of benzene rings is 1. The summed E-state index contributed by atoms with van der Waals surface area (Å²) in [6.45, 7) is 1.53. The number of nitrogens with zero attached hydrogens (tertiary/aromatic N) is 2. The monoisotopic (exact) mass is 385 g/mol. The molecule has 4 rings (SSSR count). The van der Waals surface area contributed by atoms with Gasteiger partial charge >= 0.3 is 6.03 Å². The third kappa shape index (κ3) is 2.89. The molecule has 3 aliphatic rings. The number of barbiturate groups is 1. The molecule has 1 aromatic rings. The van der Waals surface area contributed by atoms with Crippen LogP contribution in [0.25, 0.3) is 0 Å². The van der Waals surface area contributed by atoms with Crippen LogP contribution in [0.3, 0.4) is 0 Å². The number of carbonyl (C=O) groups excluding carboxylic acids is 3. The van der Waals surface area contributed by atoms with Crippen molar-refractivity contribution in [2.24, 2.45) is 5.41 Å². The Kier molecular flexibility index (Phi) is 5.10. The molecular weight excluding hydrogens is 358 g/mol. The minimum absolute atomic E-state index is 0.226. The van der Waals surface area contributed by atoms with Gasteiger partial charge in [-0.3, -0.25) is 19.8 Å². The summed E-state index contributed by atoms with van der Waals surface area (Å²) >= 11 is 0. The summed E-state index contributed by atoms with van der Waals surface area (Å²) in [6, 6.07) is 7.17. The molecule has 2 fully saturated rings. The highest BCUT2D eigenvalue weighted by atomic mass is 16.5. The SMILES string of the molecule is COCCCN1C(=O)NC(=O)[C@]2(Cc3ccccc3N3CCCCC[C@H]32)C1=O. The van der Waals surface area contributed by atoms with E-state index in [4.69, 9.17) is 4.74 Å². The van der Waals surface area contributed by atoms with E-state index in [0.717, 1.165) is 43.5 Å². The van der Waals surface area contributed by atoms with Crippen LogP contribution < -0.4 is 10.2 Å². The van der Waals surface area contributed by atoms with E-state index in [1.807, 2.05) is 18.2 Å². The molecule has 2 saturated heterocycles. The van der Waals surface area contributed by atoms with Gasteiger partial charge in [0.25, 0.3) is 0 Å². The number of imide groups is 2. The number of fused-ring (bicyclic) bond motifs is 4. The van der Waals surface area contributed by atoms with Crippen LogP contribution in [0, 0.1) is 5.41 Å².